The van der Waals surface area contributed by atoms with E-state index < -0.39 is 5.97 Å². The maximum Gasteiger partial charge on any atom is 0.305 e. The summed E-state index contributed by atoms with van der Waals surface area (Å²) < 4.78 is 4.65. The van der Waals surface area contributed by atoms with E-state index in [-0.39, 0.29) is 12.4 Å². The van der Waals surface area contributed by atoms with Crippen LogP contribution >= 0.6 is 0 Å². The summed E-state index contributed by atoms with van der Waals surface area (Å²) in [5.41, 5.74) is 0. The quantitative estimate of drug-likeness (QED) is 0.434. The summed E-state index contributed by atoms with van der Waals surface area (Å²) in [7, 11) is 1.43. The van der Waals surface area contributed by atoms with Crippen molar-refractivity contribution in [3.63, 3.8) is 0 Å². The molecule has 0 aromatic rings. The molecule has 0 heterocycles. The molecule has 1 atom stereocenters. The van der Waals surface area contributed by atoms with Crippen LogP contribution in [0.5, 0.6) is 0 Å². The lowest BCUT2D eigenvalue weighted by atomic mass is 9.93. The van der Waals surface area contributed by atoms with Crippen molar-refractivity contribution in [3.8, 4) is 0 Å². The number of methoxy groups -OCH3 is 1. The third-order valence-electron chi connectivity index (χ3n) is 3.56. The summed E-state index contributed by atoms with van der Waals surface area (Å²) in [6.45, 7) is 2.16. The van der Waals surface area contributed by atoms with Gasteiger partial charge in [0, 0.05) is 12.8 Å². The zero-order valence-corrected chi connectivity index (χ0v) is 12.3. The number of ether oxygens (including phenoxy) is 1. The van der Waals surface area contributed by atoms with E-state index in [2.05, 4.69) is 11.7 Å². The molecule has 0 aliphatic carbocycles. The number of hydrogen-bond acceptors (Lipinski definition) is 3. The van der Waals surface area contributed by atoms with E-state index >= 15 is 0 Å². The molecule has 1 unspecified atom stereocenters. The number of aliphatic carboxylic acids is 1. The van der Waals surface area contributed by atoms with Gasteiger partial charge in [0.25, 0.3) is 0 Å². The van der Waals surface area contributed by atoms with E-state index in [4.69, 9.17) is 5.11 Å². The van der Waals surface area contributed by atoms with Crippen LogP contribution in [0.4, 0.5) is 0 Å². The molecule has 112 valence electrons. The Kier molecular flexibility index (Phi) is 11.3. The lowest BCUT2D eigenvalue weighted by molar-refractivity contribution is -0.141. The highest BCUT2D eigenvalue weighted by molar-refractivity contribution is 5.69. The topological polar surface area (TPSA) is 63.6 Å². The Morgan fingerprint density at radius 3 is 2.21 bits per heavy atom. The molecular formula is C15H28O4. The Morgan fingerprint density at radius 2 is 1.63 bits per heavy atom. The van der Waals surface area contributed by atoms with Crippen molar-refractivity contribution in [1.82, 2.24) is 0 Å². The van der Waals surface area contributed by atoms with Crippen LogP contribution in [-0.4, -0.2) is 24.2 Å². The SMILES string of the molecule is CCC(CCCCCCCC(=O)O)CCC(=O)OC. The first-order chi connectivity index (χ1) is 9.10. The van der Waals surface area contributed by atoms with Crippen molar-refractivity contribution >= 4 is 11.9 Å². The maximum atomic E-state index is 11.1. The average molecular weight is 272 g/mol. The largest absolute Gasteiger partial charge is 0.481 e. The molecule has 0 saturated carbocycles. The van der Waals surface area contributed by atoms with Crippen LogP contribution in [-0.2, 0) is 14.3 Å². The average Bonchev–Trinajstić information content (AvgIpc) is 2.40. The van der Waals surface area contributed by atoms with Gasteiger partial charge in [-0.15, -0.1) is 0 Å². The van der Waals surface area contributed by atoms with Gasteiger partial charge in [-0.05, 0) is 18.8 Å². The van der Waals surface area contributed by atoms with Crippen molar-refractivity contribution in [3.05, 3.63) is 0 Å². The van der Waals surface area contributed by atoms with Crippen molar-refractivity contribution in [2.75, 3.05) is 7.11 Å². The number of hydrogen-bond donors (Lipinski definition) is 1. The minimum Gasteiger partial charge on any atom is -0.481 e. The van der Waals surface area contributed by atoms with E-state index in [9.17, 15) is 9.59 Å². The molecule has 0 rings (SSSR count). The molecule has 0 spiro atoms. The van der Waals surface area contributed by atoms with Gasteiger partial charge in [0.15, 0.2) is 0 Å². The molecule has 0 bridgehead atoms. The second-order valence-corrected chi connectivity index (χ2v) is 5.09. The third kappa shape index (κ3) is 11.7. The Balaban J connectivity index is 3.45. The molecule has 0 fully saturated rings. The maximum absolute atomic E-state index is 11.1. The monoisotopic (exact) mass is 272 g/mol. The van der Waals surface area contributed by atoms with Gasteiger partial charge in [-0.2, -0.15) is 0 Å². The molecule has 19 heavy (non-hydrogen) atoms. The number of carbonyl (C=O) groups excluding carboxylic acids is 1. The van der Waals surface area contributed by atoms with Gasteiger partial charge in [-0.1, -0.05) is 45.4 Å². The first-order valence-corrected chi connectivity index (χ1v) is 7.38. The standard InChI is InChI=1S/C15H28O4/c1-3-13(11-12-15(18)19-2)9-7-5-4-6-8-10-14(16)17/h13H,3-12H2,1-2H3,(H,16,17). The molecule has 1 N–H and O–H groups in total. The van der Waals surface area contributed by atoms with Crippen molar-refractivity contribution in [1.29, 1.82) is 0 Å². The summed E-state index contributed by atoms with van der Waals surface area (Å²) in [5.74, 6) is -0.209. The van der Waals surface area contributed by atoms with E-state index in [1.165, 1.54) is 13.5 Å². The molecule has 0 aliphatic rings. The predicted molar refractivity (Wildman–Crippen MR) is 75.0 cm³/mol. The van der Waals surface area contributed by atoms with E-state index in [1.807, 2.05) is 0 Å². The molecule has 0 amide bonds. The molecule has 0 aromatic heterocycles. The lowest BCUT2D eigenvalue weighted by Gasteiger charge is -2.13. The summed E-state index contributed by atoms with van der Waals surface area (Å²) >= 11 is 0. The molecular weight excluding hydrogens is 244 g/mol. The minimum atomic E-state index is -0.700. The number of esters is 1. The van der Waals surface area contributed by atoms with Gasteiger partial charge in [-0.3, -0.25) is 9.59 Å². The second-order valence-electron chi connectivity index (χ2n) is 5.09. The molecule has 4 heteroatoms. The number of carboxylic acids is 1. The van der Waals surface area contributed by atoms with E-state index in [0.29, 0.717) is 12.3 Å². The fraction of sp³-hybridized carbons (Fsp3) is 0.867. The number of carbonyl (C=O) groups is 2. The Bertz CT molecular complexity index is 251. The van der Waals surface area contributed by atoms with Crippen LogP contribution in [0.15, 0.2) is 0 Å². The van der Waals surface area contributed by atoms with Gasteiger partial charge < -0.3 is 9.84 Å². The summed E-state index contributed by atoms with van der Waals surface area (Å²) in [6, 6.07) is 0. The highest BCUT2D eigenvalue weighted by Gasteiger charge is 2.09. The minimum absolute atomic E-state index is 0.118. The fourth-order valence-corrected chi connectivity index (χ4v) is 2.22. The number of carboxylic acid groups (broad SMARTS) is 1. The van der Waals surface area contributed by atoms with Crippen LogP contribution in [0.2, 0.25) is 0 Å². The van der Waals surface area contributed by atoms with Crippen molar-refractivity contribution < 1.29 is 19.4 Å². The van der Waals surface area contributed by atoms with Gasteiger partial charge in [0.1, 0.15) is 0 Å². The summed E-state index contributed by atoms with van der Waals surface area (Å²) in [4.78, 5) is 21.4. The zero-order valence-electron chi connectivity index (χ0n) is 12.3. The molecule has 4 nitrogen and oxygen atoms in total. The van der Waals surface area contributed by atoms with Gasteiger partial charge in [0.2, 0.25) is 0 Å². The molecule has 0 saturated heterocycles. The van der Waals surface area contributed by atoms with Gasteiger partial charge in [-0.25, -0.2) is 0 Å². The second kappa shape index (κ2) is 12.0. The van der Waals surface area contributed by atoms with Crippen LogP contribution < -0.4 is 0 Å². The fourth-order valence-electron chi connectivity index (χ4n) is 2.22. The number of rotatable bonds is 12. The number of unbranched alkanes of at least 4 members (excludes halogenated alkanes) is 4. The van der Waals surface area contributed by atoms with Gasteiger partial charge >= 0.3 is 11.9 Å². The smallest absolute Gasteiger partial charge is 0.305 e. The normalized spacial score (nSPS) is 12.1. The van der Waals surface area contributed by atoms with E-state index in [1.54, 1.807) is 0 Å². The zero-order chi connectivity index (χ0) is 14.5. The Hall–Kier alpha value is -1.06. The molecule has 0 aromatic carbocycles. The van der Waals surface area contributed by atoms with Gasteiger partial charge in [0.05, 0.1) is 7.11 Å². The van der Waals surface area contributed by atoms with Crippen LogP contribution in [0.3, 0.4) is 0 Å². The summed E-state index contributed by atoms with van der Waals surface area (Å²) in [6.07, 6.45) is 9.23. The first-order valence-electron chi connectivity index (χ1n) is 7.38. The van der Waals surface area contributed by atoms with Crippen LogP contribution in [0.1, 0.15) is 71.1 Å². The van der Waals surface area contributed by atoms with Crippen molar-refractivity contribution in [2.24, 2.45) is 5.92 Å². The Morgan fingerprint density at radius 1 is 1.00 bits per heavy atom. The highest BCUT2D eigenvalue weighted by atomic mass is 16.5. The molecule has 0 radical (unpaired) electrons. The molecule has 0 aliphatic heterocycles. The van der Waals surface area contributed by atoms with Crippen LogP contribution in [0, 0.1) is 5.92 Å². The lowest BCUT2D eigenvalue weighted by Crippen LogP contribution is -2.06. The highest BCUT2D eigenvalue weighted by Crippen LogP contribution is 2.20. The van der Waals surface area contributed by atoms with Crippen LogP contribution in [0.25, 0.3) is 0 Å². The first kappa shape index (κ1) is 17.9. The van der Waals surface area contributed by atoms with E-state index in [0.717, 1.165) is 44.9 Å². The summed E-state index contributed by atoms with van der Waals surface area (Å²) in [5, 5.41) is 8.51. The Labute approximate surface area is 116 Å². The van der Waals surface area contributed by atoms with Crippen molar-refractivity contribution in [2.45, 2.75) is 71.1 Å². The third-order valence-corrected chi connectivity index (χ3v) is 3.56. The predicted octanol–water partition coefficient (Wildman–Crippen LogP) is 3.78.